The number of alkyl halides is 2. The molecule has 0 N–H and O–H groups in total. The molecule has 10 heteroatoms. The van der Waals surface area contributed by atoms with Gasteiger partial charge in [-0.2, -0.15) is 8.78 Å². The highest BCUT2D eigenvalue weighted by Crippen LogP contribution is 2.28. The van der Waals surface area contributed by atoms with Crippen LogP contribution in [0.1, 0.15) is 39.8 Å². The molecule has 0 unspecified atom stereocenters. The number of carbonyl (C=O) groups excluding carboxylic acids is 1. The summed E-state index contributed by atoms with van der Waals surface area (Å²) in [6.07, 6.45) is 0.791. The predicted octanol–water partition coefficient (Wildman–Crippen LogP) is 3.86. The van der Waals surface area contributed by atoms with Crippen LogP contribution in [-0.4, -0.2) is 60.6 Å². The number of thiazole rings is 1. The van der Waals surface area contributed by atoms with Gasteiger partial charge in [-0.05, 0) is 24.8 Å². The molecular weight excluding hydrogens is 408 g/mol. The summed E-state index contributed by atoms with van der Waals surface area (Å²) in [5.74, 6) is -0.300. The largest absolute Gasteiger partial charge is 0.433 e. The van der Waals surface area contributed by atoms with Crippen LogP contribution in [-0.2, 0) is 11.3 Å². The first-order valence-corrected chi connectivity index (χ1v) is 10.7. The van der Waals surface area contributed by atoms with E-state index < -0.39 is 6.61 Å². The highest BCUT2D eigenvalue weighted by molar-refractivity contribution is 7.12. The SMILES string of the molecule is CO[C@@H](C)c1nc(CN2CCCN(C(=O)c3sccc3OC(F)F)CC2)cs1. The van der Waals surface area contributed by atoms with Crippen molar-refractivity contribution in [3.63, 3.8) is 0 Å². The number of hydrogen-bond acceptors (Lipinski definition) is 7. The van der Waals surface area contributed by atoms with Crippen LogP contribution in [0.15, 0.2) is 16.8 Å². The molecule has 1 aliphatic rings. The molecule has 6 nitrogen and oxygen atoms in total. The van der Waals surface area contributed by atoms with E-state index in [0.717, 1.165) is 35.0 Å². The Morgan fingerprint density at radius 1 is 1.29 bits per heavy atom. The van der Waals surface area contributed by atoms with Crippen LogP contribution in [0.25, 0.3) is 0 Å². The molecule has 0 aromatic carbocycles. The van der Waals surface area contributed by atoms with Crippen molar-refractivity contribution < 1.29 is 23.0 Å². The molecule has 2 aromatic rings. The molecule has 1 aliphatic heterocycles. The number of hydrogen-bond donors (Lipinski definition) is 0. The van der Waals surface area contributed by atoms with Gasteiger partial charge in [0, 0.05) is 45.2 Å². The molecule has 0 bridgehead atoms. The number of ether oxygens (including phenoxy) is 2. The van der Waals surface area contributed by atoms with Crippen molar-refractivity contribution in [3.05, 3.63) is 32.4 Å². The quantitative estimate of drug-likeness (QED) is 0.666. The predicted molar refractivity (Wildman–Crippen MR) is 104 cm³/mol. The zero-order valence-electron chi connectivity index (χ0n) is 15.8. The number of halogens is 2. The molecule has 28 heavy (non-hydrogen) atoms. The molecule has 0 aliphatic carbocycles. The van der Waals surface area contributed by atoms with E-state index in [4.69, 9.17) is 4.74 Å². The molecular formula is C18H23F2N3O3S2. The average Bonchev–Trinajstić information content (AvgIpc) is 3.25. The second-order valence-electron chi connectivity index (χ2n) is 6.47. The molecule has 0 radical (unpaired) electrons. The number of rotatable bonds is 7. The lowest BCUT2D eigenvalue weighted by Crippen LogP contribution is -2.35. The maximum Gasteiger partial charge on any atom is 0.387 e. The standard InChI is InChI=1S/C18H23F2N3O3S2/c1-12(25-2)16-21-13(11-28-16)10-22-5-3-6-23(8-7-22)17(24)15-14(4-9-27-15)26-18(19)20/h4,9,11-12,18H,3,5-8,10H2,1-2H3/t12-/m0/s1. The third kappa shape index (κ3) is 5.25. The normalized spacial score (nSPS) is 17.0. The Morgan fingerprint density at radius 2 is 2.11 bits per heavy atom. The zero-order valence-corrected chi connectivity index (χ0v) is 17.4. The van der Waals surface area contributed by atoms with Crippen LogP contribution in [0.2, 0.25) is 0 Å². The lowest BCUT2D eigenvalue weighted by atomic mass is 10.3. The van der Waals surface area contributed by atoms with Crippen LogP contribution >= 0.6 is 22.7 Å². The van der Waals surface area contributed by atoms with Crippen molar-refractivity contribution in [1.82, 2.24) is 14.8 Å². The number of amides is 1. The van der Waals surface area contributed by atoms with Gasteiger partial charge in [-0.1, -0.05) is 0 Å². The van der Waals surface area contributed by atoms with Crippen LogP contribution in [0.4, 0.5) is 8.78 Å². The summed E-state index contributed by atoms with van der Waals surface area (Å²) in [4.78, 5) is 21.6. The van der Waals surface area contributed by atoms with E-state index in [1.165, 1.54) is 6.07 Å². The van der Waals surface area contributed by atoms with Gasteiger partial charge in [-0.25, -0.2) is 4.98 Å². The topological polar surface area (TPSA) is 54.9 Å². The zero-order chi connectivity index (χ0) is 20.1. The Labute approximate surface area is 170 Å². The van der Waals surface area contributed by atoms with Gasteiger partial charge in [0.05, 0.1) is 5.69 Å². The van der Waals surface area contributed by atoms with Crippen LogP contribution < -0.4 is 4.74 Å². The average molecular weight is 432 g/mol. The van der Waals surface area contributed by atoms with Crippen molar-refractivity contribution in [2.45, 2.75) is 32.6 Å². The summed E-state index contributed by atoms with van der Waals surface area (Å²) in [6, 6.07) is 1.41. The molecule has 0 spiro atoms. The van der Waals surface area contributed by atoms with E-state index in [2.05, 4.69) is 14.6 Å². The first-order valence-electron chi connectivity index (χ1n) is 8.99. The molecule has 2 aromatic heterocycles. The Kier molecular flexibility index (Phi) is 7.33. The van der Waals surface area contributed by atoms with E-state index in [1.54, 1.807) is 28.7 Å². The Hall–Kier alpha value is -1.62. The van der Waals surface area contributed by atoms with Gasteiger partial charge in [-0.15, -0.1) is 22.7 Å². The van der Waals surface area contributed by atoms with Gasteiger partial charge >= 0.3 is 6.61 Å². The first kappa shape index (κ1) is 21.1. The van der Waals surface area contributed by atoms with Crippen molar-refractivity contribution >= 4 is 28.6 Å². The second kappa shape index (κ2) is 9.73. The van der Waals surface area contributed by atoms with E-state index in [-0.39, 0.29) is 22.6 Å². The van der Waals surface area contributed by atoms with Gasteiger partial charge in [0.2, 0.25) is 0 Å². The summed E-state index contributed by atoms with van der Waals surface area (Å²) in [5, 5.41) is 4.59. The Morgan fingerprint density at radius 3 is 2.86 bits per heavy atom. The minimum atomic E-state index is -2.94. The van der Waals surface area contributed by atoms with Crippen molar-refractivity contribution in [3.8, 4) is 5.75 Å². The maximum absolute atomic E-state index is 12.8. The van der Waals surface area contributed by atoms with Gasteiger partial charge in [0.25, 0.3) is 5.91 Å². The van der Waals surface area contributed by atoms with Gasteiger partial charge in [0.1, 0.15) is 21.7 Å². The van der Waals surface area contributed by atoms with E-state index in [1.807, 2.05) is 12.3 Å². The van der Waals surface area contributed by atoms with E-state index in [9.17, 15) is 13.6 Å². The molecule has 3 heterocycles. The summed E-state index contributed by atoms with van der Waals surface area (Å²) in [6.45, 7) is 2.42. The number of carbonyl (C=O) groups is 1. The highest BCUT2D eigenvalue weighted by Gasteiger charge is 2.25. The van der Waals surface area contributed by atoms with Gasteiger partial charge in [-0.3, -0.25) is 9.69 Å². The molecule has 154 valence electrons. The third-order valence-electron chi connectivity index (χ3n) is 4.57. The molecule has 1 fully saturated rings. The lowest BCUT2D eigenvalue weighted by molar-refractivity contribution is -0.0499. The number of aromatic nitrogens is 1. The Balaban J connectivity index is 1.58. The van der Waals surface area contributed by atoms with Gasteiger partial charge < -0.3 is 14.4 Å². The minimum absolute atomic E-state index is 0.0218. The van der Waals surface area contributed by atoms with Crippen molar-refractivity contribution in [2.24, 2.45) is 0 Å². The van der Waals surface area contributed by atoms with Crippen LogP contribution in [0.5, 0.6) is 5.75 Å². The highest BCUT2D eigenvalue weighted by atomic mass is 32.1. The van der Waals surface area contributed by atoms with Crippen molar-refractivity contribution in [2.75, 3.05) is 33.3 Å². The van der Waals surface area contributed by atoms with Gasteiger partial charge in [0.15, 0.2) is 0 Å². The number of methoxy groups -OCH3 is 1. The smallest absolute Gasteiger partial charge is 0.387 e. The fourth-order valence-corrected chi connectivity index (χ4v) is 4.66. The number of nitrogens with zero attached hydrogens (tertiary/aromatic N) is 3. The van der Waals surface area contributed by atoms with Crippen LogP contribution in [0, 0.1) is 0 Å². The third-order valence-corrected chi connectivity index (χ3v) is 6.51. The summed E-state index contributed by atoms with van der Waals surface area (Å²) >= 11 is 2.71. The molecule has 0 saturated carbocycles. The summed E-state index contributed by atoms with van der Waals surface area (Å²) < 4.78 is 34.8. The fraction of sp³-hybridized carbons (Fsp3) is 0.556. The fourth-order valence-electron chi connectivity index (χ4n) is 3.03. The number of thiophene rings is 1. The first-order chi connectivity index (χ1) is 13.5. The van der Waals surface area contributed by atoms with Crippen LogP contribution in [0.3, 0.4) is 0 Å². The van der Waals surface area contributed by atoms with E-state index >= 15 is 0 Å². The minimum Gasteiger partial charge on any atom is -0.433 e. The molecule has 1 amide bonds. The monoisotopic (exact) mass is 431 g/mol. The molecule has 1 saturated heterocycles. The maximum atomic E-state index is 12.8. The molecule has 1 atom stereocenters. The Bertz CT molecular complexity index is 784. The summed E-state index contributed by atoms with van der Waals surface area (Å²) in [5.41, 5.74) is 0.995. The summed E-state index contributed by atoms with van der Waals surface area (Å²) in [7, 11) is 1.66. The lowest BCUT2D eigenvalue weighted by Gasteiger charge is -2.21. The van der Waals surface area contributed by atoms with E-state index in [0.29, 0.717) is 26.2 Å². The van der Waals surface area contributed by atoms with Crippen molar-refractivity contribution in [1.29, 1.82) is 0 Å². The second-order valence-corrected chi connectivity index (χ2v) is 8.28. The molecule has 3 rings (SSSR count).